The lowest BCUT2D eigenvalue weighted by Gasteiger charge is -2.29. The highest BCUT2D eigenvalue weighted by Crippen LogP contribution is 2.20. The molecule has 0 radical (unpaired) electrons. The summed E-state index contributed by atoms with van der Waals surface area (Å²) in [4.78, 5) is 14.0. The van der Waals surface area contributed by atoms with Crippen molar-refractivity contribution in [3.8, 4) is 0 Å². The first-order chi connectivity index (χ1) is 10.4. The summed E-state index contributed by atoms with van der Waals surface area (Å²) >= 11 is 0. The maximum atomic E-state index is 11.6. The molecule has 0 unspecified atom stereocenters. The average molecular weight is 305 g/mol. The number of nitrogens with zero attached hydrogens (tertiary/aromatic N) is 1. The zero-order chi connectivity index (χ0) is 16.2. The van der Waals surface area contributed by atoms with E-state index in [0.717, 1.165) is 26.1 Å². The van der Waals surface area contributed by atoms with Crippen molar-refractivity contribution >= 4 is 6.09 Å². The van der Waals surface area contributed by atoms with Crippen LogP contribution < -0.4 is 11.1 Å². The predicted molar refractivity (Wildman–Crippen MR) is 87.6 cm³/mol. The maximum Gasteiger partial charge on any atom is 0.407 e. The Bertz CT molecular complexity index is 523. The van der Waals surface area contributed by atoms with E-state index in [2.05, 4.69) is 28.4 Å². The van der Waals surface area contributed by atoms with E-state index in [1.165, 1.54) is 16.7 Å². The van der Waals surface area contributed by atoms with E-state index in [9.17, 15) is 4.79 Å². The normalized spacial score (nSPS) is 15.3. The number of nitrogens with two attached hydrogens (primary N) is 1. The predicted octanol–water partition coefficient (Wildman–Crippen LogP) is 2.03. The molecule has 0 saturated carbocycles. The van der Waals surface area contributed by atoms with E-state index < -0.39 is 5.60 Å². The highest BCUT2D eigenvalue weighted by molar-refractivity contribution is 5.67. The number of carbonyl (C=O) groups is 1. The lowest BCUT2D eigenvalue weighted by atomic mass is 9.97. The van der Waals surface area contributed by atoms with E-state index in [1.807, 2.05) is 20.8 Å². The molecular weight excluding hydrogens is 278 g/mol. The highest BCUT2D eigenvalue weighted by atomic mass is 16.6. The summed E-state index contributed by atoms with van der Waals surface area (Å²) in [6.45, 7) is 9.56. The van der Waals surface area contributed by atoms with Gasteiger partial charge in [0.05, 0.1) is 0 Å². The quantitative estimate of drug-likeness (QED) is 0.893. The van der Waals surface area contributed by atoms with Gasteiger partial charge in [-0.05, 0) is 43.9 Å². The van der Waals surface area contributed by atoms with Crippen molar-refractivity contribution in [3.05, 3.63) is 34.9 Å². The molecule has 1 aromatic carbocycles. The minimum Gasteiger partial charge on any atom is -0.444 e. The Morgan fingerprint density at radius 2 is 2.14 bits per heavy atom. The molecule has 0 aromatic heterocycles. The Kier molecular flexibility index (Phi) is 5.42. The molecule has 0 bridgehead atoms. The summed E-state index contributed by atoms with van der Waals surface area (Å²) in [6.07, 6.45) is 0.688. The molecule has 1 aliphatic rings. The van der Waals surface area contributed by atoms with Gasteiger partial charge in [-0.1, -0.05) is 18.2 Å². The van der Waals surface area contributed by atoms with E-state index in [-0.39, 0.29) is 6.09 Å². The van der Waals surface area contributed by atoms with Crippen LogP contribution in [0.4, 0.5) is 4.79 Å². The topological polar surface area (TPSA) is 67.6 Å². The fraction of sp³-hybridized carbons (Fsp3) is 0.588. The van der Waals surface area contributed by atoms with Crippen LogP contribution in [-0.2, 0) is 24.2 Å². The molecule has 0 saturated heterocycles. The number of fused-ring (bicyclic) bond motifs is 1. The van der Waals surface area contributed by atoms with Crippen molar-refractivity contribution < 1.29 is 9.53 Å². The third-order valence-corrected chi connectivity index (χ3v) is 3.69. The number of amides is 1. The molecule has 0 atom stereocenters. The fourth-order valence-electron chi connectivity index (χ4n) is 2.61. The average Bonchev–Trinajstić information content (AvgIpc) is 2.44. The van der Waals surface area contributed by atoms with Crippen LogP contribution in [0.1, 0.15) is 37.5 Å². The first-order valence-electron chi connectivity index (χ1n) is 7.87. The van der Waals surface area contributed by atoms with Gasteiger partial charge in [0.2, 0.25) is 0 Å². The van der Waals surface area contributed by atoms with E-state index in [1.54, 1.807) is 0 Å². The summed E-state index contributed by atoms with van der Waals surface area (Å²) in [7, 11) is 0. The van der Waals surface area contributed by atoms with Gasteiger partial charge in [-0.2, -0.15) is 0 Å². The highest BCUT2D eigenvalue weighted by Gasteiger charge is 2.18. The Morgan fingerprint density at radius 3 is 2.82 bits per heavy atom. The minimum atomic E-state index is -0.450. The molecule has 0 aliphatic carbocycles. The first kappa shape index (κ1) is 16.8. The zero-order valence-corrected chi connectivity index (χ0v) is 13.8. The summed E-state index contributed by atoms with van der Waals surface area (Å²) in [5, 5.41) is 2.81. The number of ether oxygens (including phenoxy) is 1. The standard InChI is InChI=1S/C17H27N3O2/c1-17(2,3)22-16(21)19-7-9-20-8-6-14-10-13(11-18)4-5-15(14)12-20/h4-5,10H,6-9,11-12,18H2,1-3H3,(H,19,21). The summed E-state index contributed by atoms with van der Waals surface area (Å²) in [5.74, 6) is 0. The monoisotopic (exact) mass is 305 g/mol. The molecule has 0 fully saturated rings. The molecule has 1 aliphatic heterocycles. The molecule has 5 nitrogen and oxygen atoms in total. The van der Waals surface area contributed by atoms with Crippen LogP contribution >= 0.6 is 0 Å². The SMILES string of the molecule is CC(C)(C)OC(=O)NCCN1CCc2cc(CN)ccc2C1. The number of hydrogen-bond donors (Lipinski definition) is 2. The molecule has 122 valence electrons. The van der Waals surface area contributed by atoms with Gasteiger partial charge in [0, 0.05) is 32.7 Å². The second-order valence-electron chi connectivity index (χ2n) is 6.76. The summed E-state index contributed by atoms with van der Waals surface area (Å²) in [5.41, 5.74) is 9.19. The van der Waals surface area contributed by atoms with Gasteiger partial charge in [0.15, 0.2) is 0 Å². The van der Waals surface area contributed by atoms with Crippen molar-refractivity contribution in [3.63, 3.8) is 0 Å². The van der Waals surface area contributed by atoms with Crippen LogP contribution in [-0.4, -0.2) is 36.2 Å². The molecule has 2 rings (SSSR count). The number of nitrogens with one attached hydrogen (secondary N) is 1. The zero-order valence-electron chi connectivity index (χ0n) is 13.8. The molecule has 0 spiro atoms. The third-order valence-electron chi connectivity index (χ3n) is 3.69. The van der Waals surface area contributed by atoms with Crippen LogP contribution in [0.2, 0.25) is 0 Å². The van der Waals surface area contributed by atoms with Crippen molar-refractivity contribution in [1.82, 2.24) is 10.2 Å². The van der Waals surface area contributed by atoms with E-state index >= 15 is 0 Å². The second-order valence-corrected chi connectivity index (χ2v) is 6.76. The summed E-state index contributed by atoms with van der Waals surface area (Å²) < 4.78 is 5.23. The Hall–Kier alpha value is -1.59. The molecular formula is C17H27N3O2. The third kappa shape index (κ3) is 5.00. The van der Waals surface area contributed by atoms with Gasteiger partial charge in [-0.15, -0.1) is 0 Å². The Labute approximate surface area is 132 Å². The lowest BCUT2D eigenvalue weighted by Crippen LogP contribution is -2.39. The summed E-state index contributed by atoms with van der Waals surface area (Å²) in [6, 6.07) is 6.48. The van der Waals surface area contributed by atoms with Crippen LogP contribution in [0.3, 0.4) is 0 Å². The maximum absolute atomic E-state index is 11.6. The number of hydrogen-bond acceptors (Lipinski definition) is 4. The Balaban J connectivity index is 1.78. The van der Waals surface area contributed by atoms with E-state index in [0.29, 0.717) is 13.1 Å². The molecule has 22 heavy (non-hydrogen) atoms. The van der Waals surface area contributed by atoms with Crippen molar-refractivity contribution in [2.24, 2.45) is 5.73 Å². The second kappa shape index (κ2) is 7.11. The fourth-order valence-corrected chi connectivity index (χ4v) is 2.61. The van der Waals surface area contributed by atoms with Gasteiger partial charge < -0.3 is 15.8 Å². The molecule has 1 heterocycles. The molecule has 3 N–H and O–H groups in total. The van der Waals surface area contributed by atoms with Gasteiger partial charge in [-0.25, -0.2) is 4.79 Å². The Morgan fingerprint density at radius 1 is 1.36 bits per heavy atom. The van der Waals surface area contributed by atoms with Gasteiger partial charge in [-0.3, -0.25) is 4.90 Å². The largest absolute Gasteiger partial charge is 0.444 e. The van der Waals surface area contributed by atoms with Crippen LogP contribution in [0.15, 0.2) is 18.2 Å². The smallest absolute Gasteiger partial charge is 0.407 e. The minimum absolute atomic E-state index is 0.350. The first-order valence-corrected chi connectivity index (χ1v) is 7.87. The molecule has 5 heteroatoms. The van der Waals surface area contributed by atoms with Crippen molar-refractivity contribution in [2.75, 3.05) is 19.6 Å². The number of carbonyl (C=O) groups excluding carboxylic acids is 1. The van der Waals surface area contributed by atoms with Crippen molar-refractivity contribution in [1.29, 1.82) is 0 Å². The number of rotatable bonds is 4. The van der Waals surface area contributed by atoms with E-state index in [4.69, 9.17) is 10.5 Å². The van der Waals surface area contributed by atoms with Crippen LogP contribution in [0, 0.1) is 0 Å². The number of benzene rings is 1. The van der Waals surface area contributed by atoms with Crippen LogP contribution in [0.5, 0.6) is 0 Å². The number of alkyl carbamates (subject to hydrolysis) is 1. The van der Waals surface area contributed by atoms with Crippen molar-refractivity contribution in [2.45, 2.75) is 45.9 Å². The molecule has 1 aromatic rings. The van der Waals surface area contributed by atoms with Crippen LogP contribution in [0.25, 0.3) is 0 Å². The van der Waals surface area contributed by atoms with Gasteiger partial charge in [0.25, 0.3) is 0 Å². The molecule has 1 amide bonds. The van der Waals surface area contributed by atoms with Gasteiger partial charge >= 0.3 is 6.09 Å². The lowest BCUT2D eigenvalue weighted by molar-refractivity contribution is 0.0521. The van der Waals surface area contributed by atoms with Gasteiger partial charge in [0.1, 0.15) is 5.60 Å².